The third-order valence-corrected chi connectivity index (χ3v) is 4.47. The van der Waals surface area contributed by atoms with Crippen LogP contribution < -0.4 is 0 Å². The van der Waals surface area contributed by atoms with Gasteiger partial charge in [-0.1, -0.05) is 19.1 Å². The fraction of sp³-hybridized carbons (Fsp3) is 0.625. The maximum Gasteiger partial charge on any atom is 0.0923 e. The number of aryl methyl sites for hydroxylation is 3. The minimum Gasteiger partial charge on any atom is -0.385 e. The van der Waals surface area contributed by atoms with Gasteiger partial charge >= 0.3 is 0 Å². The van der Waals surface area contributed by atoms with Crippen LogP contribution in [0.5, 0.6) is 0 Å². The topological polar surface area (TPSA) is 23.5 Å². The van der Waals surface area contributed by atoms with Crippen molar-refractivity contribution in [1.29, 1.82) is 0 Å². The summed E-state index contributed by atoms with van der Waals surface area (Å²) in [5.74, 6) is 0. The van der Waals surface area contributed by atoms with E-state index in [2.05, 4.69) is 44.7 Å². The van der Waals surface area contributed by atoms with Crippen molar-refractivity contribution in [2.75, 3.05) is 19.6 Å². The molecule has 0 saturated carbocycles. The summed E-state index contributed by atoms with van der Waals surface area (Å²) < 4.78 is 0. The number of piperidine rings is 1. The van der Waals surface area contributed by atoms with Crippen LogP contribution in [0.25, 0.3) is 0 Å². The van der Waals surface area contributed by atoms with Gasteiger partial charge in [-0.2, -0.15) is 0 Å². The Labute approximate surface area is 111 Å². The van der Waals surface area contributed by atoms with Gasteiger partial charge < -0.3 is 10.0 Å². The summed E-state index contributed by atoms with van der Waals surface area (Å²) in [6, 6.07) is 4.39. The molecule has 0 aliphatic carbocycles. The summed E-state index contributed by atoms with van der Waals surface area (Å²) in [4.78, 5) is 2.41. The molecule has 2 nitrogen and oxygen atoms in total. The Balaban J connectivity index is 2.28. The van der Waals surface area contributed by atoms with E-state index in [0.717, 1.165) is 38.0 Å². The second kappa shape index (κ2) is 5.02. The largest absolute Gasteiger partial charge is 0.385 e. The standard InChI is InChI=1S/C16H25NO/c1-5-17-8-6-16(18,7-9-17)15-11-13(3)12(2)10-14(15)4/h10-11,18H,5-9H2,1-4H3. The van der Waals surface area contributed by atoms with Crippen molar-refractivity contribution < 1.29 is 5.11 Å². The fourth-order valence-electron chi connectivity index (χ4n) is 2.97. The Morgan fingerprint density at radius 3 is 2.17 bits per heavy atom. The summed E-state index contributed by atoms with van der Waals surface area (Å²) in [6.07, 6.45) is 1.70. The van der Waals surface area contributed by atoms with E-state index in [0.29, 0.717) is 0 Å². The number of hydrogen-bond donors (Lipinski definition) is 1. The van der Waals surface area contributed by atoms with Crippen LogP contribution in [0.3, 0.4) is 0 Å². The lowest BCUT2D eigenvalue weighted by Crippen LogP contribution is -2.42. The first-order valence-corrected chi connectivity index (χ1v) is 6.99. The van der Waals surface area contributed by atoms with E-state index in [9.17, 15) is 5.11 Å². The highest BCUT2D eigenvalue weighted by Gasteiger charge is 2.34. The van der Waals surface area contributed by atoms with Crippen molar-refractivity contribution in [3.63, 3.8) is 0 Å². The molecule has 0 spiro atoms. The highest BCUT2D eigenvalue weighted by atomic mass is 16.3. The number of hydrogen-bond acceptors (Lipinski definition) is 2. The highest BCUT2D eigenvalue weighted by molar-refractivity contribution is 5.40. The summed E-state index contributed by atoms with van der Waals surface area (Å²) in [7, 11) is 0. The predicted molar refractivity (Wildman–Crippen MR) is 75.9 cm³/mol. The van der Waals surface area contributed by atoms with E-state index in [4.69, 9.17) is 0 Å². The van der Waals surface area contributed by atoms with Gasteiger partial charge in [0.05, 0.1) is 5.60 Å². The number of likely N-dealkylation sites (tertiary alicyclic amines) is 1. The second-order valence-electron chi connectivity index (χ2n) is 5.72. The first kappa shape index (κ1) is 13.6. The average molecular weight is 247 g/mol. The lowest BCUT2D eigenvalue weighted by Gasteiger charge is -2.39. The summed E-state index contributed by atoms with van der Waals surface area (Å²) >= 11 is 0. The molecule has 18 heavy (non-hydrogen) atoms. The van der Waals surface area contributed by atoms with Crippen LogP contribution in [0, 0.1) is 20.8 Å². The van der Waals surface area contributed by atoms with Crippen molar-refractivity contribution >= 4 is 0 Å². The molecule has 1 fully saturated rings. The van der Waals surface area contributed by atoms with Gasteiger partial charge in [0, 0.05) is 13.1 Å². The molecular weight excluding hydrogens is 222 g/mol. The first-order valence-electron chi connectivity index (χ1n) is 6.99. The van der Waals surface area contributed by atoms with Gasteiger partial charge in [-0.3, -0.25) is 0 Å². The minimum atomic E-state index is -0.617. The summed E-state index contributed by atoms with van der Waals surface area (Å²) in [6.45, 7) is 11.6. The molecule has 1 saturated heterocycles. The molecule has 1 aromatic carbocycles. The number of nitrogens with zero attached hydrogens (tertiary/aromatic N) is 1. The van der Waals surface area contributed by atoms with Gasteiger partial charge in [-0.25, -0.2) is 0 Å². The molecular formula is C16H25NO. The zero-order valence-corrected chi connectivity index (χ0v) is 12.1. The third-order valence-electron chi connectivity index (χ3n) is 4.47. The zero-order chi connectivity index (χ0) is 13.3. The molecule has 1 heterocycles. The Morgan fingerprint density at radius 1 is 1.06 bits per heavy atom. The summed E-state index contributed by atoms with van der Waals surface area (Å²) in [5.41, 5.74) is 4.34. The SMILES string of the molecule is CCN1CCC(O)(c2cc(C)c(C)cc2C)CC1. The third kappa shape index (κ3) is 2.45. The molecule has 2 heteroatoms. The van der Waals surface area contributed by atoms with Crippen LogP contribution in [0.4, 0.5) is 0 Å². The molecule has 100 valence electrons. The van der Waals surface area contributed by atoms with Crippen molar-refractivity contribution in [1.82, 2.24) is 4.90 Å². The fourth-order valence-corrected chi connectivity index (χ4v) is 2.97. The van der Waals surface area contributed by atoms with Crippen molar-refractivity contribution in [2.24, 2.45) is 0 Å². The normalized spacial score (nSPS) is 20.1. The van der Waals surface area contributed by atoms with Crippen molar-refractivity contribution in [2.45, 2.75) is 46.1 Å². The molecule has 1 aliphatic heterocycles. The lowest BCUT2D eigenvalue weighted by molar-refractivity contribution is -0.0252. The van der Waals surface area contributed by atoms with Gasteiger partial charge in [0.25, 0.3) is 0 Å². The molecule has 1 aliphatic rings. The van der Waals surface area contributed by atoms with Crippen LogP contribution >= 0.6 is 0 Å². The monoisotopic (exact) mass is 247 g/mol. The van der Waals surface area contributed by atoms with Crippen LogP contribution in [0.2, 0.25) is 0 Å². The molecule has 1 aromatic rings. The molecule has 2 rings (SSSR count). The molecule has 0 amide bonds. The van der Waals surface area contributed by atoms with Gasteiger partial charge in [0.15, 0.2) is 0 Å². The first-order chi connectivity index (χ1) is 8.46. The van der Waals surface area contributed by atoms with E-state index < -0.39 is 5.60 Å². The number of aliphatic hydroxyl groups is 1. The van der Waals surface area contributed by atoms with Crippen molar-refractivity contribution in [3.8, 4) is 0 Å². The number of benzene rings is 1. The zero-order valence-electron chi connectivity index (χ0n) is 12.1. The molecule has 1 N–H and O–H groups in total. The van der Waals surface area contributed by atoms with E-state index in [1.165, 1.54) is 16.7 Å². The highest BCUT2D eigenvalue weighted by Crippen LogP contribution is 2.35. The Bertz CT molecular complexity index is 431. The van der Waals surface area contributed by atoms with E-state index in [1.807, 2.05) is 0 Å². The minimum absolute atomic E-state index is 0.617. The molecule has 0 bridgehead atoms. The van der Waals surface area contributed by atoms with Crippen LogP contribution in [-0.4, -0.2) is 29.6 Å². The van der Waals surface area contributed by atoms with Gasteiger partial charge in [-0.05, 0) is 62.4 Å². The number of rotatable bonds is 2. The Hall–Kier alpha value is -0.860. The van der Waals surface area contributed by atoms with E-state index in [-0.39, 0.29) is 0 Å². The van der Waals surface area contributed by atoms with Gasteiger partial charge in [0.2, 0.25) is 0 Å². The maximum atomic E-state index is 10.9. The Morgan fingerprint density at radius 2 is 1.61 bits per heavy atom. The molecule has 0 aromatic heterocycles. The van der Waals surface area contributed by atoms with E-state index in [1.54, 1.807) is 0 Å². The van der Waals surface area contributed by atoms with Gasteiger partial charge in [0.1, 0.15) is 0 Å². The van der Waals surface area contributed by atoms with Crippen LogP contribution in [-0.2, 0) is 5.60 Å². The quantitative estimate of drug-likeness (QED) is 0.868. The smallest absolute Gasteiger partial charge is 0.0923 e. The maximum absolute atomic E-state index is 10.9. The van der Waals surface area contributed by atoms with Crippen LogP contribution in [0.15, 0.2) is 12.1 Å². The van der Waals surface area contributed by atoms with Crippen LogP contribution in [0.1, 0.15) is 42.0 Å². The summed E-state index contributed by atoms with van der Waals surface area (Å²) in [5, 5.41) is 10.9. The molecule has 0 radical (unpaired) electrons. The second-order valence-corrected chi connectivity index (χ2v) is 5.72. The molecule has 0 atom stereocenters. The average Bonchev–Trinajstić information content (AvgIpc) is 2.34. The van der Waals surface area contributed by atoms with Gasteiger partial charge in [-0.15, -0.1) is 0 Å². The lowest BCUT2D eigenvalue weighted by atomic mass is 9.81. The Kier molecular flexibility index (Phi) is 3.79. The van der Waals surface area contributed by atoms with Crippen molar-refractivity contribution in [3.05, 3.63) is 34.4 Å². The van der Waals surface area contributed by atoms with E-state index >= 15 is 0 Å². The molecule has 0 unspecified atom stereocenters. The predicted octanol–water partition coefficient (Wildman–Crippen LogP) is 2.92.